The van der Waals surface area contributed by atoms with Crippen molar-refractivity contribution in [2.45, 2.75) is 36.6 Å². The number of aliphatic hydroxyl groups is 1. The van der Waals surface area contributed by atoms with Crippen molar-refractivity contribution in [3.8, 4) is 11.1 Å². The molecular weight excluding hydrogens is 605 g/mol. The Labute approximate surface area is 250 Å². The summed E-state index contributed by atoms with van der Waals surface area (Å²) in [7, 11) is 0. The highest BCUT2D eigenvalue weighted by Gasteiger charge is 2.49. The van der Waals surface area contributed by atoms with Crippen LogP contribution in [0.25, 0.3) is 22.3 Å². The van der Waals surface area contributed by atoms with E-state index in [2.05, 4.69) is 24.9 Å². The Morgan fingerprint density at radius 1 is 1.26 bits per heavy atom. The molecule has 0 unspecified atom stereocenters. The Bertz CT molecular complexity index is 1840. The van der Waals surface area contributed by atoms with Gasteiger partial charge in [0.25, 0.3) is 5.56 Å². The number of imidazole rings is 1. The number of hydrogen-bond donors (Lipinski definition) is 4. The quantitative estimate of drug-likeness (QED) is 0.176. The maximum Gasteiger partial charge on any atom is 0.342 e. The summed E-state index contributed by atoms with van der Waals surface area (Å²) in [4.78, 5) is 43.8. The van der Waals surface area contributed by atoms with E-state index in [1.807, 2.05) is 0 Å². The van der Waals surface area contributed by atoms with Gasteiger partial charge >= 0.3 is 5.97 Å². The third-order valence-electron chi connectivity index (χ3n) is 7.21. The van der Waals surface area contributed by atoms with Crippen LogP contribution in [-0.2, 0) is 26.3 Å². The molecule has 0 bridgehead atoms. The third kappa shape index (κ3) is 5.25. The molecule has 0 spiro atoms. The van der Waals surface area contributed by atoms with E-state index < -0.39 is 42.8 Å². The lowest BCUT2D eigenvalue weighted by Gasteiger charge is -2.30. The van der Waals surface area contributed by atoms with Gasteiger partial charge in [-0.2, -0.15) is 9.97 Å². The first-order valence-electron chi connectivity index (χ1n) is 12.8. The first-order valence-corrected chi connectivity index (χ1v) is 14.2. The van der Waals surface area contributed by atoms with Crippen LogP contribution >= 0.6 is 22.9 Å². The van der Waals surface area contributed by atoms with E-state index in [0.29, 0.717) is 16.7 Å². The fraction of sp³-hybridized carbons (Fsp3) is 0.259. The lowest BCUT2D eigenvalue weighted by atomic mass is 9.90. The van der Waals surface area contributed by atoms with Gasteiger partial charge in [0.05, 0.1) is 24.1 Å². The minimum Gasteiger partial charge on any atom is -0.479 e. The number of H-pyrrole nitrogens is 1. The van der Waals surface area contributed by atoms with Gasteiger partial charge in [0.15, 0.2) is 23.9 Å². The van der Waals surface area contributed by atoms with Gasteiger partial charge in [-0.3, -0.25) is 9.36 Å². The van der Waals surface area contributed by atoms with E-state index in [1.54, 1.807) is 41.8 Å². The number of aromatic nitrogens is 6. The number of carboxylic acid groups (broad SMARTS) is 1. The third-order valence-corrected chi connectivity index (χ3v) is 7.97. The van der Waals surface area contributed by atoms with Crippen LogP contribution < -0.4 is 11.3 Å². The van der Waals surface area contributed by atoms with Crippen molar-refractivity contribution in [3.63, 3.8) is 0 Å². The zero-order chi connectivity index (χ0) is 30.3. The number of ether oxygens (including phenoxy) is 2. The number of benzene rings is 1. The SMILES string of the molecule is Nc1nc(Cl)nc2c1ncn2[C@@H]1O[C@H](CO[C@](Cc2ccc(-c3ccc[nH]c3=O)cc2)(C(=O)O)c2cscn2)[C@@H](O)[C@@H]1F. The lowest BCUT2D eigenvalue weighted by molar-refractivity contribution is -0.177. The Hall–Kier alpha value is -4.28. The number of aliphatic carboxylic acids is 1. The number of aromatic amines is 1. The van der Waals surface area contributed by atoms with Crippen molar-refractivity contribution in [3.05, 3.63) is 86.7 Å². The van der Waals surface area contributed by atoms with Crippen LogP contribution in [0.4, 0.5) is 10.2 Å². The topological polar surface area (TPSA) is 191 Å². The Morgan fingerprint density at radius 3 is 2.74 bits per heavy atom. The van der Waals surface area contributed by atoms with Crippen LogP contribution in [0.3, 0.4) is 0 Å². The van der Waals surface area contributed by atoms with Gasteiger partial charge < -0.3 is 30.4 Å². The summed E-state index contributed by atoms with van der Waals surface area (Å²) in [5.41, 5.74) is 7.11. The lowest BCUT2D eigenvalue weighted by Crippen LogP contribution is -2.44. The number of carboxylic acids is 1. The summed E-state index contributed by atoms with van der Waals surface area (Å²) in [6.07, 6.45) is -3.67. The van der Waals surface area contributed by atoms with Crippen molar-refractivity contribution in [1.29, 1.82) is 0 Å². The number of hydrogen-bond acceptors (Lipinski definition) is 11. The predicted molar refractivity (Wildman–Crippen MR) is 153 cm³/mol. The maximum absolute atomic E-state index is 15.4. The number of thiazole rings is 1. The molecule has 5 N–H and O–H groups in total. The first-order chi connectivity index (χ1) is 20.7. The van der Waals surface area contributed by atoms with E-state index in [1.165, 1.54) is 33.9 Å². The van der Waals surface area contributed by atoms with Gasteiger partial charge in [-0.25, -0.2) is 19.2 Å². The molecule has 5 atom stereocenters. The minimum atomic E-state index is -2.00. The molecule has 5 heterocycles. The standard InChI is InChI=1S/C27H23ClFN7O6S/c28-26-34-21(30)19-22(35-26)36(11-32-19)24-18(29)20(37)16(42-24)9-41-27(25(39)40,17-10-43-12-33-17)8-13-3-5-14(6-4-13)15-2-1-7-31-23(15)38/h1-7,10-12,16,18,20,24,37H,8-9H2,(H,31,38)(H,39,40)(H2,30,34,35)/t16-,18+,20-,24-,27+/m1/s1. The molecule has 1 aliphatic rings. The molecule has 43 heavy (non-hydrogen) atoms. The summed E-state index contributed by atoms with van der Waals surface area (Å²) in [5.74, 6) is -1.36. The molecule has 1 saturated heterocycles. The number of pyridine rings is 1. The predicted octanol–water partition coefficient (Wildman–Crippen LogP) is 2.71. The molecule has 1 aliphatic heterocycles. The average molecular weight is 628 g/mol. The van der Waals surface area contributed by atoms with Crippen LogP contribution in [0.15, 0.2) is 64.6 Å². The van der Waals surface area contributed by atoms with E-state index in [0.717, 1.165) is 0 Å². The first kappa shape index (κ1) is 28.8. The second-order valence-corrected chi connectivity index (χ2v) is 10.9. The Balaban J connectivity index is 1.26. The fourth-order valence-corrected chi connectivity index (χ4v) is 5.79. The maximum atomic E-state index is 15.4. The second-order valence-electron chi connectivity index (χ2n) is 9.81. The van der Waals surface area contributed by atoms with Crippen LogP contribution in [0.5, 0.6) is 0 Å². The average Bonchev–Trinajstić information content (AvgIpc) is 3.73. The number of nitrogens with zero attached hydrogens (tertiary/aromatic N) is 5. The normalized spacial score (nSPS) is 21.7. The van der Waals surface area contributed by atoms with Crippen LogP contribution in [-0.4, -0.2) is 70.7 Å². The molecule has 4 aromatic heterocycles. The number of halogens is 2. The number of fused-ring (bicyclic) bond motifs is 1. The van der Waals surface area contributed by atoms with Crippen molar-refractivity contribution in [2.75, 3.05) is 12.3 Å². The number of rotatable bonds is 9. The number of aliphatic hydroxyl groups excluding tert-OH is 1. The smallest absolute Gasteiger partial charge is 0.342 e. The van der Waals surface area contributed by atoms with E-state index in [-0.39, 0.29) is 39.9 Å². The number of alkyl halides is 1. The fourth-order valence-electron chi connectivity index (χ4n) is 5.00. The van der Waals surface area contributed by atoms with Crippen molar-refractivity contribution >= 4 is 45.9 Å². The van der Waals surface area contributed by atoms with Gasteiger partial charge in [0.2, 0.25) is 10.9 Å². The molecule has 0 aliphatic carbocycles. The van der Waals surface area contributed by atoms with Gasteiger partial charge in [-0.1, -0.05) is 24.3 Å². The Kier molecular flexibility index (Phi) is 7.66. The second kappa shape index (κ2) is 11.4. The van der Waals surface area contributed by atoms with E-state index in [9.17, 15) is 19.8 Å². The van der Waals surface area contributed by atoms with Crippen molar-refractivity contribution in [2.24, 2.45) is 0 Å². The molecule has 1 fully saturated rings. The summed E-state index contributed by atoms with van der Waals surface area (Å²) in [5, 5.41) is 22.6. The zero-order valence-corrected chi connectivity index (χ0v) is 23.6. The molecule has 13 nitrogen and oxygen atoms in total. The summed E-state index contributed by atoms with van der Waals surface area (Å²) < 4.78 is 28.5. The molecule has 222 valence electrons. The highest BCUT2D eigenvalue weighted by molar-refractivity contribution is 7.07. The largest absolute Gasteiger partial charge is 0.479 e. The molecule has 0 saturated carbocycles. The Morgan fingerprint density at radius 2 is 2.05 bits per heavy atom. The van der Waals surface area contributed by atoms with E-state index >= 15 is 4.39 Å². The highest BCUT2D eigenvalue weighted by Crippen LogP contribution is 2.37. The number of nitrogen functional groups attached to an aromatic ring is 1. The van der Waals surface area contributed by atoms with E-state index in [4.69, 9.17) is 26.8 Å². The van der Waals surface area contributed by atoms with Crippen LogP contribution in [0.2, 0.25) is 5.28 Å². The molecule has 0 amide bonds. The zero-order valence-electron chi connectivity index (χ0n) is 22.0. The number of carbonyl (C=O) groups is 1. The van der Waals surface area contributed by atoms with Gasteiger partial charge in [0.1, 0.15) is 17.7 Å². The molecule has 1 aromatic carbocycles. The molecular formula is C27H23ClFN7O6S. The van der Waals surface area contributed by atoms with Crippen LogP contribution in [0, 0.1) is 0 Å². The molecule has 5 aromatic rings. The van der Waals surface area contributed by atoms with Gasteiger partial charge in [-0.05, 0) is 34.9 Å². The minimum absolute atomic E-state index is 0.0132. The number of anilines is 1. The molecule has 16 heteroatoms. The summed E-state index contributed by atoms with van der Waals surface area (Å²) in [6.45, 7) is -0.496. The monoisotopic (exact) mass is 627 g/mol. The summed E-state index contributed by atoms with van der Waals surface area (Å²) >= 11 is 7.10. The number of nitrogens with one attached hydrogen (secondary N) is 1. The van der Waals surface area contributed by atoms with Crippen molar-refractivity contribution in [1.82, 2.24) is 29.5 Å². The highest BCUT2D eigenvalue weighted by atomic mass is 35.5. The molecule has 6 rings (SSSR count). The number of nitrogens with two attached hydrogens (primary N) is 1. The molecule has 0 radical (unpaired) electrons. The van der Waals surface area contributed by atoms with Crippen molar-refractivity contribution < 1.29 is 28.9 Å². The van der Waals surface area contributed by atoms with Gasteiger partial charge in [0, 0.05) is 23.6 Å². The van der Waals surface area contributed by atoms with Gasteiger partial charge in [-0.15, -0.1) is 11.3 Å². The summed E-state index contributed by atoms with van der Waals surface area (Å²) in [6, 6.07) is 10.2. The van der Waals surface area contributed by atoms with Crippen LogP contribution in [0.1, 0.15) is 17.5 Å².